The number of anilines is 1. The van der Waals surface area contributed by atoms with Gasteiger partial charge >= 0.3 is 5.97 Å². The minimum atomic E-state index is -0.951. The second-order valence-corrected chi connectivity index (χ2v) is 4.53. The quantitative estimate of drug-likeness (QED) is 0.856. The zero-order valence-corrected chi connectivity index (χ0v) is 10.5. The Balaban J connectivity index is 2.04. The maximum absolute atomic E-state index is 11.2. The van der Waals surface area contributed by atoms with Gasteiger partial charge in [-0.1, -0.05) is 0 Å². The zero-order chi connectivity index (χ0) is 13.0. The summed E-state index contributed by atoms with van der Waals surface area (Å²) in [4.78, 5) is 15.3. The van der Waals surface area contributed by atoms with Crippen molar-refractivity contribution in [3.8, 4) is 0 Å². The highest BCUT2D eigenvalue weighted by atomic mass is 16.5. The fraction of sp³-hybridized carbons (Fsp3) is 0.538. The molecule has 1 aliphatic heterocycles. The number of nitrogens with one attached hydrogen (secondary N) is 1. The number of carboxylic acid groups (broad SMARTS) is 1. The lowest BCUT2D eigenvalue weighted by Crippen LogP contribution is -2.27. The Bertz CT molecular complexity index is 428. The number of aromatic carboxylic acids is 1. The third-order valence-corrected chi connectivity index (χ3v) is 3.14. The van der Waals surface area contributed by atoms with Crippen LogP contribution in [0.1, 0.15) is 35.2 Å². The topological polar surface area (TPSA) is 71.5 Å². The molecule has 0 aromatic carbocycles. The van der Waals surface area contributed by atoms with Gasteiger partial charge in [0.05, 0.1) is 6.10 Å². The van der Waals surface area contributed by atoms with E-state index in [9.17, 15) is 9.90 Å². The number of hydrogen-bond acceptors (Lipinski definition) is 4. The van der Waals surface area contributed by atoms with Gasteiger partial charge < -0.3 is 15.2 Å². The summed E-state index contributed by atoms with van der Waals surface area (Å²) in [5.41, 5.74) is 0.956. The van der Waals surface area contributed by atoms with Gasteiger partial charge in [0.15, 0.2) is 0 Å². The molecule has 1 unspecified atom stereocenters. The third-order valence-electron chi connectivity index (χ3n) is 3.14. The number of aromatic nitrogens is 1. The van der Waals surface area contributed by atoms with E-state index in [-0.39, 0.29) is 11.7 Å². The van der Waals surface area contributed by atoms with E-state index in [1.807, 2.05) is 0 Å². The summed E-state index contributed by atoms with van der Waals surface area (Å²) < 4.78 is 5.59. The van der Waals surface area contributed by atoms with Crippen molar-refractivity contribution in [1.82, 2.24) is 4.98 Å². The number of aryl methyl sites for hydroxylation is 1. The van der Waals surface area contributed by atoms with Crippen LogP contribution >= 0.6 is 0 Å². The fourth-order valence-electron chi connectivity index (χ4n) is 2.14. The number of rotatable bonds is 4. The number of carbonyl (C=O) groups is 1. The highest BCUT2D eigenvalue weighted by molar-refractivity contribution is 5.94. The van der Waals surface area contributed by atoms with E-state index in [1.165, 1.54) is 6.42 Å². The SMILES string of the molecule is Cc1ccnc(NCC2CCCCO2)c1C(=O)O. The molecule has 0 amide bonds. The van der Waals surface area contributed by atoms with Crippen molar-refractivity contribution in [3.05, 3.63) is 23.4 Å². The third kappa shape index (κ3) is 2.98. The molecular formula is C13H18N2O3. The normalized spacial score (nSPS) is 19.5. The molecule has 0 spiro atoms. The van der Waals surface area contributed by atoms with E-state index >= 15 is 0 Å². The summed E-state index contributed by atoms with van der Waals surface area (Å²) >= 11 is 0. The summed E-state index contributed by atoms with van der Waals surface area (Å²) in [6, 6.07) is 1.70. The lowest BCUT2D eigenvalue weighted by molar-refractivity contribution is 0.0247. The van der Waals surface area contributed by atoms with Crippen LogP contribution in [0.25, 0.3) is 0 Å². The molecule has 1 aromatic heterocycles. The molecule has 18 heavy (non-hydrogen) atoms. The van der Waals surface area contributed by atoms with Gasteiger partial charge in [-0.25, -0.2) is 9.78 Å². The molecule has 0 aliphatic carbocycles. The molecule has 1 fully saturated rings. The predicted octanol–water partition coefficient (Wildman–Crippen LogP) is 2.07. The largest absolute Gasteiger partial charge is 0.478 e. The summed E-state index contributed by atoms with van der Waals surface area (Å²) in [5.74, 6) is -0.524. The number of pyridine rings is 1. The molecule has 98 valence electrons. The standard InChI is InChI=1S/C13H18N2O3/c1-9-5-6-14-12(11(9)13(16)17)15-8-10-4-2-3-7-18-10/h5-6,10H,2-4,7-8H2,1H3,(H,14,15)(H,16,17). The Kier molecular flexibility index (Phi) is 4.15. The average molecular weight is 250 g/mol. The Morgan fingerprint density at radius 1 is 1.61 bits per heavy atom. The van der Waals surface area contributed by atoms with Crippen LogP contribution in [-0.2, 0) is 4.74 Å². The van der Waals surface area contributed by atoms with E-state index in [4.69, 9.17) is 4.74 Å². The lowest BCUT2D eigenvalue weighted by Gasteiger charge is -2.23. The van der Waals surface area contributed by atoms with Gasteiger partial charge in [-0.2, -0.15) is 0 Å². The van der Waals surface area contributed by atoms with Crippen LogP contribution in [0.2, 0.25) is 0 Å². The van der Waals surface area contributed by atoms with Crippen molar-refractivity contribution < 1.29 is 14.6 Å². The predicted molar refractivity (Wildman–Crippen MR) is 68.0 cm³/mol. The van der Waals surface area contributed by atoms with E-state index < -0.39 is 5.97 Å². The van der Waals surface area contributed by atoms with Crippen LogP contribution in [-0.4, -0.2) is 35.3 Å². The van der Waals surface area contributed by atoms with Crippen LogP contribution in [0.5, 0.6) is 0 Å². The second kappa shape index (κ2) is 5.82. The van der Waals surface area contributed by atoms with Crippen LogP contribution in [0, 0.1) is 6.92 Å². The molecule has 0 saturated carbocycles. The molecule has 5 heteroatoms. The van der Waals surface area contributed by atoms with Crippen molar-refractivity contribution >= 4 is 11.8 Å². The minimum Gasteiger partial charge on any atom is -0.478 e. The summed E-state index contributed by atoms with van der Waals surface area (Å²) in [7, 11) is 0. The van der Waals surface area contributed by atoms with Crippen molar-refractivity contribution in [1.29, 1.82) is 0 Å². The van der Waals surface area contributed by atoms with Crippen LogP contribution in [0.3, 0.4) is 0 Å². The molecule has 2 N–H and O–H groups in total. The lowest BCUT2D eigenvalue weighted by atomic mass is 10.1. The first kappa shape index (κ1) is 12.8. The molecule has 0 radical (unpaired) electrons. The molecule has 1 aromatic rings. The molecule has 5 nitrogen and oxygen atoms in total. The van der Waals surface area contributed by atoms with Gasteiger partial charge in [-0.05, 0) is 37.8 Å². The summed E-state index contributed by atoms with van der Waals surface area (Å²) in [5, 5.41) is 12.3. The fourth-order valence-corrected chi connectivity index (χ4v) is 2.14. The van der Waals surface area contributed by atoms with Crippen LogP contribution in [0.4, 0.5) is 5.82 Å². The molecule has 0 bridgehead atoms. The summed E-state index contributed by atoms with van der Waals surface area (Å²) in [6.45, 7) is 3.17. The van der Waals surface area contributed by atoms with Gasteiger partial charge in [0.1, 0.15) is 11.4 Å². The highest BCUT2D eigenvalue weighted by Gasteiger charge is 2.17. The first-order valence-electron chi connectivity index (χ1n) is 6.23. The Labute approximate surface area is 106 Å². The number of hydrogen-bond donors (Lipinski definition) is 2. The minimum absolute atomic E-state index is 0.155. The van der Waals surface area contributed by atoms with Gasteiger partial charge in [0.25, 0.3) is 0 Å². The molecule has 1 atom stereocenters. The Hall–Kier alpha value is -1.62. The number of carboxylic acids is 1. The first-order valence-corrected chi connectivity index (χ1v) is 6.23. The Morgan fingerprint density at radius 3 is 3.11 bits per heavy atom. The monoisotopic (exact) mass is 250 g/mol. The van der Waals surface area contributed by atoms with Crippen molar-refractivity contribution in [2.75, 3.05) is 18.5 Å². The molecule has 1 saturated heterocycles. The maximum Gasteiger partial charge on any atom is 0.339 e. The molecule has 2 rings (SSSR count). The molecular weight excluding hydrogens is 232 g/mol. The van der Waals surface area contributed by atoms with Gasteiger partial charge in [-0.15, -0.1) is 0 Å². The molecule has 2 heterocycles. The average Bonchev–Trinajstić information content (AvgIpc) is 2.37. The van der Waals surface area contributed by atoms with Crippen molar-refractivity contribution in [2.24, 2.45) is 0 Å². The number of ether oxygens (including phenoxy) is 1. The smallest absolute Gasteiger partial charge is 0.339 e. The van der Waals surface area contributed by atoms with Crippen molar-refractivity contribution in [3.63, 3.8) is 0 Å². The summed E-state index contributed by atoms with van der Waals surface area (Å²) in [6.07, 6.45) is 5.06. The van der Waals surface area contributed by atoms with Gasteiger partial charge in [0, 0.05) is 19.3 Å². The van der Waals surface area contributed by atoms with E-state index in [0.717, 1.165) is 19.4 Å². The van der Waals surface area contributed by atoms with Crippen LogP contribution in [0.15, 0.2) is 12.3 Å². The zero-order valence-electron chi connectivity index (χ0n) is 10.5. The molecule has 1 aliphatic rings. The first-order chi connectivity index (χ1) is 8.68. The second-order valence-electron chi connectivity index (χ2n) is 4.53. The van der Waals surface area contributed by atoms with Gasteiger partial charge in [-0.3, -0.25) is 0 Å². The maximum atomic E-state index is 11.2. The van der Waals surface area contributed by atoms with Crippen LogP contribution < -0.4 is 5.32 Å². The highest BCUT2D eigenvalue weighted by Crippen LogP contribution is 2.18. The van der Waals surface area contributed by atoms with Gasteiger partial charge in [0.2, 0.25) is 0 Å². The van der Waals surface area contributed by atoms with E-state index in [1.54, 1.807) is 19.2 Å². The Morgan fingerprint density at radius 2 is 2.44 bits per heavy atom. The number of nitrogens with zero attached hydrogens (tertiary/aromatic N) is 1. The van der Waals surface area contributed by atoms with Crippen molar-refractivity contribution in [2.45, 2.75) is 32.3 Å². The van der Waals surface area contributed by atoms with E-state index in [0.29, 0.717) is 17.9 Å². The van der Waals surface area contributed by atoms with E-state index in [2.05, 4.69) is 10.3 Å².